The van der Waals surface area contributed by atoms with Gasteiger partial charge in [0.15, 0.2) is 0 Å². The lowest BCUT2D eigenvalue weighted by molar-refractivity contribution is -0.123. The molecule has 1 aliphatic rings. The van der Waals surface area contributed by atoms with Gasteiger partial charge < -0.3 is 4.74 Å². The molecule has 0 aromatic heterocycles. The van der Waals surface area contributed by atoms with Gasteiger partial charge in [-0.25, -0.2) is 0 Å². The lowest BCUT2D eigenvalue weighted by Crippen LogP contribution is -2.43. The van der Waals surface area contributed by atoms with Gasteiger partial charge in [0.1, 0.15) is 11.5 Å². The summed E-state index contributed by atoms with van der Waals surface area (Å²) in [5, 5.41) is 0. The Morgan fingerprint density at radius 3 is 2.89 bits per heavy atom. The molecule has 19 heavy (non-hydrogen) atoms. The van der Waals surface area contributed by atoms with E-state index in [4.69, 9.17) is 4.74 Å². The zero-order valence-corrected chi connectivity index (χ0v) is 13.1. The number of methoxy groups -OCH3 is 1. The molecule has 2 rings (SSSR count). The molecule has 1 heterocycles. The summed E-state index contributed by atoms with van der Waals surface area (Å²) in [7, 11) is 1.66. The smallest absolute Gasteiger partial charge is 0.146 e. The van der Waals surface area contributed by atoms with E-state index < -0.39 is 0 Å². The molecule has 0 radical (unpaired) electrons. The first-order valence-electron chi connectivity index (χ1n) is 6.68. The summed E-state index contributed by atoms with van der Waals surface area (Å²) < 4.78 is 6.20. The molecule has 1 aliphatic heterocycles. The highest BCUT2D eigenvalue weighted by molar-refractivity contribution is 9.10. The van der Waals surface area contributed by atoms with Crippen molar-refractivity contribution in [1.82, 2.24) is 4.90 Å². The van der Waals surface area contributed by atoms with Crippen LogP contribution in [0, 0.1) is 0 Å². The number of rotatable bonds is 4. The van der Waals surface area contributed by atoms with E-state index in [2.05, 4.69) is 33.0 Å². The van der Waals surface area contributed by atoms with Crippen molar-refractivity contribution in [3.8, 4) is 5.75 Å². The zero-order valence-electron chi connectivity index (χ0n) is 11.5. The van der Waals surface area contributed by atoms with Gasteiger partial charge in [0, 0.05) is 6.54 Å². The van der Waals surface area contributed by atoms with Crippen molar-refractivity contribution in [3.05, 3.63) is 28.2 Å². The SMILES string of the molecule is COc1ccc(CN2CCCCC2C(C)=O)cc1Br. The molecule has 0 amide bonds. The molecule has 3 nitrogen and oxygen atoms in total. The minimum atomic E-state index is 0.0922. The van der Waals surface area contributed by atoms with Crippen molar-refractivity contribution in [2.75, 3.05) is 13.7 Å². The summed E-state index contributed by atoms with van der Waals surface area (Å²) in [5.41, 5.74) is 1.21. The fourth-order valence-electron chi connectivity index (χ4n) is 2.68. The highest BCUT2D eigenvalue weighted by Crippen LogP contribution is 2.27. The molecule has 0 aliphatic carbocycles. The number of likely N-dealkylation sites (tertiary alicyclic amines) is 1. The molecule has 0 bridgehead atoms. The number of ketones is 1. The van der Waals surface area contributed by atoms with Gasteiger partial charge in [0.25, 0.3) is 0 Å². The Morgan fingerprint density at radius 1 is 1.47 bits per heavy atom. The van der Waals surface area contributed by atoms with Crippen LogP contribution < -0.4 is 4.74 Å². The van der Waals surface area contributed by atoms with Crippen LogP contribution in [0.2, 0.25) is 0 Å². The largest absolute Gasteiger partial charge is 0.496 e. The third-order valence-electron chi connectivity index (χ3n) is 3.68. The lowest BCUT2D eigenvalue weighted by Gasteiger charge is -2.34. The monoisotopic (exact) mass is 325 g/mol. The van der Waals surface area contributed by atoms with E-state index in [0.717, 1.165) is 36.2 Å². The minimum absolute atomic E-state index is 0.0922. The van der Waals surface area contributed by atoms with E-state index >= 15 is 0 Å². The number of ether oxygens (including phenoxy) is 1. The molecule has 1 aromatic rings. The fourth-order valence-corrected chi connectivity index (χ4v) is 3.27. The van der Waals surface area contributed by atoms with Gasteiger partial charge >= 0.3 is 0 Å². The molecular formula is C15H20BrNO2. The number of benzene rings is 1. The second-order valence-corrected chi connectivity index (χ2v) is 5.92. The van der Waals surface area contributed by atoms with Crippen LogP contribution in [0.25, 0.3) is 0 Å². The van der Waals surface area contributed by atoms with Crippen molar-refractivity contribution >= 4 is 21.7 Å². The van der Waals surface area contributed by atoms with Crippen molar-refractivity contribution in [2.45, 2.75) is 38.8 Å². The quantitative estimate of drug-likeness (QED) is 0.849. The van der Waals surface area contributed by atoms with Crippen molar-refractivity contribution < 1.29 is 9.53 Å². The molecular weight excluding hydrogens is 306 g/mol. The lowest BCUT2D eigenvalue weighted by atomic mass is 9.98. The summed E-state index contributed by atoms with van der Waals surface area (Å²) in [6.07, 6.45) is 3.33. The van der Waals surface area contributed by atoms with Gasteiger partial charge in [-0.2, -0.15) is 0 Å². The molecule has 0 spiro atoms. The second-order valence-electron chi connectivity index (χ2n) is 5.06. The average Bonchev–Trinajstić information content (AvgIpc) is 2.39. The molecule has 4 heteroatoms. The molecule has 1 fully saturated rings. The third-order valence-corrected chi connectivity index (χ3v) is 4.30. The highest BCUT2D eigenvalue weighted by atomic mass is 79.9. The number of carbonyl (C=O) groups excluding carboxylic acids is 1. The van der Waals surface area contributed by atoms with Crippen LogP contribution in [0.4, 0.5) is 0 Å². The van der Waals surface area contributed by atoms with Crippen LogP contribution in [0.1, 0.15) is 31.7 Å². The predicted octanol–water partition coefficient (Wildman–Crippen LogP) is 3.40. The van der Waals surface area contributed by atoms with Crippen LogP contribution in [0.3, 0.4) is 0 Å². The van der Waals surface area contributed by atoms with Gasteiger partial charge in [0.05, 0.1) is 17.6 Å². The predicted molar refractivity (Wildman–Crippen MR) is 79.4 cm³/mol. The first-order valence-corrected chi connectivity index (χ1v) is 7.48. The summed E-state index contributed by atoms with van der Waals surface area (Å²) in [5.74, 6) is 1.12. The third kappa shape index (κ3) is 3.57. The Bertz CT molecular complexity index is 461. The van der Waals surface area contributed by atoms with E-state index in [1.165, 1.54) is 12.0 Å². The molecule has 1 atom stereocenters. The number of Topliss-reactive ketones (excluding diaryl/α,β-unsaturated/α-hetero) is 1. The first-order chi connectivity index (χ1) is 9.11. The second kappa shape index (κ2) is 6.53. The Labute approximate surface area is 123 Å². The molecule has 1 aromatic carbocycles. The number of carbonyl (C=O) groups is 1. The van der Waals surface area contributed by atoms with Crippen LogP contribution in [-0.2, 0) is 11.3 Å². The van der Waals surface area contributed by atoms with Crippen molar-refractivity contribution in [3.63, 3.8) is 0 Å². The number of halogens is 1. The maximum absolute atomic E-state index is 11.7. The maximum Gasteiger partial charge on any atom is 0.146 e. The van der Waals surface area contributed by atoms with E-state index in [9.17, 15) is 4.79 Å². The average molecular weight is 326 g/mol. The summed E-state index contributed by atoms with van der Waals surface area (Å²) in [6.45, 7) is 3.54. The number of nitrogens with zero attached hydrogens (tertiary/aromatic N) is 1. The topological polar surface area (TPSA) is 29.5 Å². The van der Waals surface area contributed by atoms with Gasteiger partial charge in [-0.15, -0.1) is 0 Å². The normalized spacial score (nSPS) is 20.3. The van der Waals surface area contributed by atoms with Crippen molar-refractivity contribution in [2.24, 2.45) is 0 Å². The maximum atomic E-state index is 11.7. The Hall–Kier alpha value is -0.870. The van der Waals surface area contributed by atoms with Crippen LogP contribution in [0.15, 0.2) is 22.7 Å². The summed E-state index contributed by atoms with van der Waals surface area (Å²) >= 11 is 3.51. The minimum Gasteiger partial charge on any atom is -0.496 e. The van der Waals surface area contributed by atoms with E-state index in [1.54, 1.807) is 14.0 Å². The van der Waals surface area contributed by atoms with Gasteiger partial charge in [-0.3, -0.25) is 9.69 Å². The molecule has 1 saturated heterocycles. The van der Waals surface area contributed by atoms with E-state index in [-0.39, 0.29) is 11.8 Å². The standard InChI is InChI=1S/C15H20BrNO2/c1-11(18)14-5-3-4-8-17(14)10-12-6-7-15(19-2)13(16)9-12/h6-7,9,14H,3-5,8,10H2,1-2H3. The fraction of sp³-hybridized carbons (Fsp3) is 0.533. The zero-order chi connectivity index (χ0) is 13.8. The molecule has 0 N–H and O–H groups in total. The van der Waals surface area contributed by atoms with Gasteiger partial charge in [-0.05, 0) is 59.9 Å². The van der Waals surface area contributed by atoms with Gasteiger partial charge in [0.2, 0.25) is 0 Å². The summed E-state index contributed by atoms with van der Waals surface area (Å²) in [6, 6.07) is 6.20. The Balaban J connectivity index is 2.10. The van der Waals surface area contributed by atoms with Gasteiger partial charge in [-0.1, -0.05) is 12.5 Å². The Kier molecular flexibility index (Phi) is 4.99. The van der Waals surface area contributed by atoms with Crippen LogP contribution in [0.5, 0.6) is 5.75 Å². The molecule has 104 valence electrons. The van der Waals surface area contributed by atoms with Crippen LogP contribution >= 0.6 is 15.9 Å². The number of hydrogen-bond donors (Lipinski definition) is 0. The van der Waals surface area contributed by atoms with Crippen molar-refractivity contribution in [1.29, 1.82) is 0 Å². The highest BCUT2D eigenvalue weighted by Gasteiger charge is 2.25. The first kappa shape index (κ1) is 14.5. The van der Waals surface area contributed by atoms with E-state index in [0.29, 0.717) is 0 Å². The molecule has 1 unspecified atom stereocenters. The number of hydrogen-bond acceptors (Lipinski definition) is 3. The van der Waals surface area contributed by atoms with E-state index in [1.807, 2.05) is 6.07 Å². The Morgan fingerprint density at radius 2 is 2.26 bits per heavy atom. The van der Waals surface area contributed by atoms with Crippen LogP contribution in [-0.4, -0.2) is 30.4 Å². The summed E-state index contributed by atoms with van der Waals surface area (Å²) in [4.78, 5) is 14.0. The molecule has 0 saturated carbocycles. The number of piperidine rings is 1.